The number of amides is 1. The van der Waals surface area contributed by atoms with E-state index in [0.29, 0.717) is 23.7 Å². The average molecular weight is 419 g/mol. The molecule has 0 aliphatic rings. The van der Waals surface area contributed by atoms with Crippen molar-refractivity contribution < 1.29 is 9.53 Å². The Hall–Kier alpha value is -2.11. The summed E-state index contributed by atoms with van der Waals surface area (Å²) in [7, 11) is 0. The Morgan fingerprint density at radius 2 is 1.75 bits per heavy atom. The number of thiocarbonyl (C=S) groups is 1. The lowest BCUT2D eigenvalue weighted by molar-refractivity contribution is 0.0976. The molecule has 0 aromatic heterocycles. The zero-order valence-electron chi connectivity index (χ0n) is 16.2. The number of hydrogen-bond donors (Lipinski definition) is 2. The summed E-state index contributed by atoms with van der Waals surface area (Å²) in [4.78, 5) is 12.3. The zero-order chi connectivity index (χ0) is 20.2. The monoisotopic (exact) mass is 418 g/mol. The van der Waals surface area contributed by atoms with Gasteiger partial charge in [0.1, 0.15) is 5.75 Å². The van der Waals surface area contributed by atoms with Crippen molar-refractivity contribution in [2.24, 2.45) is 0 Å². The zero-order valence-corrected chi connectivity index (χ0v) is 17.7. The number of hydrogen-bond acceptors (Lipinski definition) is 3. The standard InChI is InChI=1S/C22H27ClN2O2S/c1-2-3-4-5-8-15-27-19-13-11-17(12-14-19)21(26)25-22(28)24-16-18-9-6-7-10-20(18)23/h6-7,9-14H,2-5,8,15-16H2,1H3,(H2,24,25,26,28). The molecule has 6 heteroatoms. The van der Waals surface area contributed by atoms with Crippen molar-refractivity contribution in [3.05, 3.63) is 64.7 Å². The number of halogens is 1. The Labute approximate surface area is 177 Å². The number of rotatable bonds is 10. The first-order valence-corrected chi connectivity index (χ1v) is 10.4. The second kappa shape index (κ2) is 12.4. The van der Waals surface area contributed by atoms with E-state index >= 15 is 0 Å². The Morgan fingerprint density at radius 1 is 1.04 bits per heavy atom. The fourth-order valence-electron chi connectivity index (χ4n) is 2.63. The largest absolute Gasteiger partial charge is 0.494 e. The van der Waals surface area contributed by atoms with Crippen molar-refractivity contribution in [3.8, 4) is 5.75 Å². The summed E-state index contributed by atoms with van der Waals surface area (Å²) in [6.45, 7) is 3.35. The Balaban J connectivity index is 1.73. The van der Waals surface area contributed by atoms with Gasteiger partial charge >= 0.3 is 0 Å². The van der Waals surface area contributed by atoms with Gasteiger partial charge in [-0.25, -0.2) is 0 Å². The summed E-state index contributed by atoms with van der Waals surface area (Å²) in [6, 6.07) is 14.6. The first-order valence-electron chi connectivity index (χ1n) is 9.65. The minimum Gasteiger partial charge on any atom is -0.494 e. The summed E-state index contributed by atoms with van der Waals surface area (Å²) in [5.74, 6) is 0.509. The smallest absolute Gasteiger partial charge is 0.257 e. The summed E-state index contributed by atoms with van der Waals surface area (Å²) in [5, 5.41) is 6.58. The van der Waals surface area contributed by atoms with E-state index in [2.05, 4.69) is 17.6 Å². The molecule has 2 N–H and O–H groups in total. The molecule has 0 atom stereocenters. The third-order valence-electron chi connectivity index (χ3n) is 4.26. The molecule has 0 unspecified atom stereocenters. The molecule has 4 nitrogen and oxygen atoms in total. The molecule has 0 saturated heterocycles. The number of carbonyl (C=O) groups is 1. The quantitative estimate of drug-likeness (QED) is 0.395. The molecule has 28 heavy (non-hydrogen) atoms. The lowest BCUT2D eigenvalue weighted by Crippen LogP contribution is -2.38. The number of benzene rings is 2. The van der Waals surface area contributed by atoms with E-state index in [0.717, 1.165) is 17.7 Å². The molecule has 2 aromatic carbocycles. The van der Waals surface area contributed by atoms with Crippen molar-refractivity contribution in [2.75, 3.05) is 6.61 Å². The van der Waals surface area contributed by atoms with E-state index in [1.54, 1.807) is 24.3 Å². The molecular weight excluding hydrogens is 392 g/mol. The molecule has 2 rings (SSSR count). The molecule has 0 spiro atoms. The van der Waals surface area contributed by atoms with Crippen molar-refractivity contribution in [3.63, 3.8) is 0 Å². The molecule has 0 bridgehead atoms. The van der Waals surface area contributed by atoms with Crippen LogP contribution >= 0.6 is 23.8 Å². The van der Waals surface area contributed by atoms with Crippen LogP contribution in [0, 0.1) is 0 Å². The van der Waals surface area contributed by atoms with Gasteiger partial charge in [-0.3, -0.25) is 10.1 Å². The van der Waals surface area contributed by atoms with E-state index in [4.69, 9.17) is 28.6 Å². The SMILES string of the molecule is CCCCCCCOc1ccc(C(=O)NC(=S)NCc2ccccc2Cl)cc1. The van der Waals surface area contributed by atoms with E-state index < -0.39 is 0 Å². The minimum absolute atomic E-state index is 0.261. The third kappa shape index (κ3) is 7.87. The Kier molecular flexibility index (Phi) is 9.80. The lowest BCUT2D eigenvalue weighted by atomic mass is 10.2. The van der Waals surface area contributed by atoms with Crippen molar-refractivity contribution in [1.82, 2.24) is 10.6 Å². The van der Waals surface area contributed by atoms with E-state index in [-0.39, 0.29) is 11.0 Å². The molecule has 2 aromatic rings. The highest BCUT2D eigenvalue weighted by atomic mass is 35.5. The maximum Gasteiger partial charge on any atom is 0.257 e. The highest BCUT2D eigenvalue weighted by molar-refractivity contribution is 7.80. The van der Waals surface area contributed by atoms with E-state index in [1.165, 1.54) is 25.7 Å². The second-order valence-corrected chi connectivity index (χ2v) is 7.33. The molecule has 0 aliphatic carbocycles. The predicted molar refractivity (Wildman–Crippen MR) is 119 cm³/mol. The third-order valence-corrected chi connectivity index (χ3v) is 4.87. The maximum atomic E-state index is 12.3. The van der Waals surface area contributed by atoms with Gasteiger partial charge in [0, 0.05) is 17.1 Å². The van der Waals surface area contributed by atoms with Crippen LogP contribution < -0.4 is 15.4 Å². The van der Waals surface area contributed by atoms with Gasteiger partial charge in [-0.05, 0) is 54.5 Å². The summed E-state index contributed by atoms with van der Waals surface area (Å²) in [5.41, 5.74) is 1.44. The summed E-state index contributed by atoms with van der Waals surface area (Å²) in [6.07, 6.45) is 6.01. The first-order chi connectivity index (χ1) is 13.6. The van der Waals surface area contributed by atoms with E-state index in [9.17, 15) is 4.79 Å². The fourth-order valence-corrected chi connectivity index (χ4v) is 3.00. The normalized spacial score (nSPS) is 10.4. The summed E-state index contributed by atoms with van der Waals surface area (Å²) < 4.78 is 5.72. The maximum absolute atomic E-state index is 12.3. The summed E-state index contributed by atoms with van der Waals surface area (Å²) >= 11 is 11.3. The number of nitrogens with one attached hydrogen (secondary N) is 2. The minimum atomic E-state index is -0.261. The van der Waals surface area contributed by atoms with Crippen LogP contribution in [0.4, 0.5) is 0 Å². The van der Waals surface area contributed by atoms with Crippen LogP contribution in [0.15, 0.2) is 48.5 Å². The van der Waals surface area contributed by atoms with Gasteiger partial charge in [0.05, 0.1) is 6.61 Å². The van der Waals surface area contributed by atoms with Crippen LogP contribution in [0.25, 0.3) is 0 Å². The number of ether oxygens (including phenoxy) is 1. The first kappa shape index (κ1) is 22.2. The molecular formula is C22H27ClN2O2S. The van der Waals surface area contributed by atoms with Crippen LogP contribution in [-0.4, -0.2) is 17.6 Å². The van der Waals surface area contributed by atoms with Crippen LogP contribution in [-0.2, 0) is 6.54 Å². The molecule has 150 valence electrons. The lowest BCUT2D eigenvalue weighted by Gasteiger charge is -2.11. The topological polar surface area (TPSA) is 50.4 Å². The molecule has 1 amide bonds. The van der Waals surface area contributed by atoms with Crippen LogP contribution in [0.1, 0.15) is 54.9 Å². The highest BCUT2D eigenvalue weighted by Gasteiger charge is 2.08. The van der Waals surface area contributed by atoms with Gasteiger partial charge in [0.25, 0.3) is 5.91 Å². The van der Waals surface area contributed by atoms with Crippen LogP contribution in [0.5, 0.6) is 5.75 Å². The van der Waals surface area contributed by atoms with Crippen LogP contribution in [0.3, 0.4) is 0 Å². The average Bonchev–Trinajstić information content (AvgIpc) is 2.70. The molecule has 0 fully saturated rings. The molecule has 0 aliphatic heterocycles. The Morgan fingerprint density at radius 3 is 2.46 bits per heavy atom. The fraction of sp³-hybridized carbons (Fsp3) is 0.364. The van der Waals surface area contributed by atoms with Gasteiger partial charge in [0.15, 0.2) is 5.11 Å². The van der Waals surface area contributed by atoms with Gasteiger partial charge in [-0.15, -0.1) is 0 Å². The molecule has 0 saturated carbocycles. The molecule has 0 radical (unpaired) electrons. The van der Waals surface area contributed by atoms with Gasteiger partial charge in [0.2, 0.25) is 0 Å². The number of unbranched alkanes of at least 4 members (excludes halogenated alkanes) is 4. The van der Waals surface area contributed by atoms with Crippen molar-refractivity contribution >= 4 is 34.8 Å². The number of carbonyl (C=O) groups excluding carboxylic acids is 1. The van der Waals surface area contributed by atoms with Crippen LogP contribution in [0.2, 0.25) is 5.02 Å². The Bertz CT molecular complexity index is 765. The van der Waals surface area contributed by atoms with Crippen molar-refractivity contribution in [2.45, 2.75) is 45.6 Å². The highest BCUT2D eigenvalue weighted by Crippen LogP contribution is 2.15. The van der Waals surface area contributed by atoms with E-state index in [1.807, 2.05) is 24.3 Å². The van der Waals surface area contributed by atoms with Gasteiger partial charge < -0.3 is 10.1 Å². The predicted octanol–water partition coefficient (Wildman–Crippen LogP) is 5.49. The second-order valence-electron chi connectivity index (χ2n) is 6.52. The molecule has 0 heterocycles. The van der Waals surface area contributed by atoms with Gasteiger partial charge in [-0.1, -0.05) is 62.4 Å². The van der Waals surface area contributed by atoms with Crippen molar-refractivity contribution in [1.29, 1.82) is 0 Å². The van der Waals surface area contributed by atoms with Gasteiger partial charge in [-0.2, -0.15) is 0 Å².